The Kier molecular flexibility index (Phi) is 5.44. The highest BCUT2D eigenvalue weighted by Gasteiger charge is 2.48. The standard InChI is InChI=1S/C12H20F3NO2/c1-2-18-11(17)9(10(16)12(13,14)15)8-6-4-3-5-7-8/h8-10H,2-7,16H2,1H3/t9-,10-/m0/s1. The number of ether oxygens (including phenoxy) is 1. The van der Waals surface area contributed by atoms with Crippen LogP contribution < -0.4 is 5.73 Å². The zero-order valence-electron chi connectivity index (χ0n) is 10.5. The lowest BCUT2D eigenvalue weighted by Crippen LogP contribution is -2.50. The number of hydrogen-bond acceptors (Lipinski definition) is 3. The highest BCUT2D eigenvalue weighted by molar-refractivity contribution is 5.73. The minimum absolute atomic E-state index is 0.0760. The van der Waals surface area contributed by atoms with Crippen LogP contribution in [0.1, 0.15) is 39.0 Å². The Morgan fingerprint density at radius 3 is 2.33 bits per heavy atom. The predicted octanol–water partition coefficient (Wildman–Crippen LogP) is 2.64. The summed E-state index contributed by atoms with van der Waals surface area (Å²) in [5, 5.41) is 0. The summed E-state index contributed by atoms with van der Waals surface area (Å²) in [6, 6.07) is -2.13. The maximum absolute atomic E-state index is 12.7. The first-order valence-corrected chi connectivity index (χ1v) is 6.36. The molecule has 6 heteroatoms. The Morgan fingerprint density at radius 2 is 1.89 bits per heavy atom. The first-order chi connectivity index (χ1) is 8.38. The molecule has 0 heterocycles. The number of alkyl halides is 3. The van der Waals surface area contributed by atoms with Crippen LogP contribution in [0.4, 0.5) is 13.2 Å². The van der Waals surface area contributed by atoms with E-state index in [0.29, 0.717) is 12.8 Å². The summed E-state index contributed by atoms with van der Waals surface area (Å²) >= 11 is 0. The molecule has 0 unspecified atom stereocenters. The summed E-state index contributed by atoms with van der Waals surface area (Å²) in [5.74, 6) is -2.38. The summed E-state index contributed by atoms with van der Waals surface area (Å²) in [5.41, 5.74) is 5.23. The first kappa shape index (κ1) is 15.3. The number of hydrogen-bond donors (Lipinski definition) is 1. The number of rotatable bonds is 4. The van der Waals surface area contributed by atoms with Gasteiger partial charge >= 0.3 is 12.1 Å². The fourth-order valence-electron chi connectivity index (χ4n) is 2.57. The Hall–Kier alpha value is -0.780. The molecule has 0 aromatic carbocycles. The molecule has 0 amide bonds. The summed E-state index contributed by atoms with van der Waals surface area (Å²) < 4.78 is 42.9. The van der Waals surface area contributed by atoms with Crippen LogP contribution >= 0.6 is 0 Å². The van der Waals surface area contributed by atoms with E-state index >= 15 is 0 Å². The molecule has 0 radical (unpaired) electrons. The Morgan fingerprint density at radius 1 is 1.33 bits per heavy atom. The molecule has 1 rings (SSSR count). The van der Waals surface area contributed by atoms with Gasteiger partial charge in [-0.1, -0.05) is 19.3 Å². The van der Waals surface area contributed by atoms with Crippen LogP contribution in [-0.4, -0.2) is 24.8 Å². The van der Waals surface area contributed by atoms with Gasteiger partial charge in [0.25, 0.3) is 0 Å². The van der Waals surface area contributed by atoms with E-state index in [0.717, 1.165) is 19.3 Å². The third-order valence-electron chi connectivity index (χ3n) is 3.48. The molecule has 2 N–H and O–H groups in total. The summed E-state index contributed by atoms with van der Waals surface area (Å²) in [6.45, 7) is 1.65. The molecular formula is C12H20F3NO2. The van der Waals surface area contributed by atoms with Crippen LogP contribution in [0, 0.1) is 11.8 Å². The van der Waals surface area contributed by atoms with E-state index < -0.39 is 24.1 Å². The topological polar surface area (TPSA) is 52.3 Å². The summed E-state index contributed by atoms with van der Waals surface area (Å²) in [4.78, 5) is 11.7. The molecule has 3 nitrogen and oxygen atoms in total. The molecule has 18 heavy (non-hydrogen) atoms. The second-order valence-electron chi connectivity index (χ2n) is 4.74. The second kappa shape index (κ2) is 6.41. The van der Waals surface area contributed by atoms with Gasteiger partial charge < -0.3 is 10.5 Å². The molecule has 0 spiro atoms. The van der Waals surface area contributed by atoms with E-state index in [-0.39, 0.29) is 12.5 Å². The van der Waals surface area contributed by atoms with Gasteiger partial charge in [0.15, 0.2) is 0 Å². The van der Waals surface area contributed by atoms with E-state index in [9.17, 15) is 18.0 Å². The lowest BCUT2D eigenvalue weighted by Gasteiger charge is -2.33. The van der Waals surface area contributed by atoms with Crippen molar-refractivity contribution in [2.75, 3.05) is 6.61 Å². The second-order valence-corrected chi connectivity index (χ2v) is 4.74. The summed E-state index contributed by atoms with van der Waals surface area (Å²) in [7, 11) is 0. The maximum atomic E-state index is 12.7. The average Bonchev–Trinajstić information content (AvgIpc) is 2.29. The number of carbonyl (C=O) groups is 1. The quantitative estimate of drug-likeness (QED) is 0.797. The number of halogens is 3. The third-order valence-corrected chi connectivity index (χ3v) is 3.48. The Labute approximate surface area is 105 Å². The fraction of sp³-hybridized carbons (Fsp3) is 0.917. The molecule has 0 aromatic rings. The first-order valence-electron chi connectivity index (χ1n) is 6.36. The highest BCUT2D eigenvalue weighted by atomic mass is 19.4. The van der Waals surface area contributed by atoms with Crippen molar-refractivity contribution in [1.82, 2.24) is 0 Å². The smallest absolute Gasteiger partial charge is 0.404 e. The van der Waals surface area contributed by atoms with Crippen LogP contribution in [0.25, 0.3) is 0 Å². The number of nitrogens with two attached hydrogens (primary N) is 1. The van der Waals surface area contributed by atoms with Gasteiger partial charge in [-0.2, -0.15) is 13.2 Å². The van der Waals surface area contributed by atoms with Crippen molar-refractivity contribution in [3.05, 3.63) is 0 Å². The minimum atomic E-state index is -4.56. The van der Waals surface area contributed by atoms with Crippen LogP contribution in [0.3, 0.4) is 0 Å². The lowest BCUT2D eigenvalue weighted by molar-refractivity contribution is -0.181. The van der Waals surface area contributed by atoms with Gasteiger partial charge in [0.2, 0.25) is 0 Å². The maximum Gasteiger partial charge on any atom is 0.404 e. The van der Waals surface area contributed by atoms with E-state index in [1.165, 1.54) is 0 Å². The number of carbonyl (C=O) groups excluding carboxylic acids is 1. The molecule has 0 bridgehead atoms. The molecule has 2 atom stereocenters. The van der Waals surface area contributed by atoms with Crippen molar-refractivity contribution in [3.8, 4) is 0 Å². The SMILES string of the molecule is CCOC(=O)[C@@H](C1CCCCC1)[C@H](N)C(F)(F)F. The Bertz CT molecular complexity index is 275. The highest BCUT2D eigenvalue weighted by Crippen LogP contribution is 2.36. The molecule has 1 saturated carbocycles. The number of esters is 1. The molecule has 106 valence electrons. The van der Waals surface area contributed by atoms with E-state index in [1.807, 2.05) is 0 Å². The van der Waals surface area contributed by atoms with E-state index in [1.54, 1.807) is 6.92 Å². The predicted molar refractivity (Wildman–Crippen MR) is 60.7 cm³/mol. The van der Waals surface area contributed by atoms with Crippen LogP contribution in [0.5, 0.6) is 0 Å². The summed E-state index contributed by atoms with van der Waals surface area (Å²) in [6.07, 6.45) is -0.612. The van der Waals surface area contributed by atoms with Gasteiger partial charge in [0, 0.05) is 0 Å². The molecule has 0 aliphatic heterocycles. The molecule has 1 aliphatic carbocycles. The van der Waals surface area contributed by atoms with Gasteiger partial charge in [-0.3, -0.25) is 4.79 Å². The average molecular weight is 267 g/mol. The molecule has 1 aliphatic rings. The van der Waals surface area contributed by atoms with Crippen molar-refractivity contribution in [3.63, 3.8) is 0 Å². The Balaban J connectivity index is 2.83. The van der Waals surface area contributed by atoms with Gasteiger partial charge in [0.1, 0.15) is 6.04 Å². The van der Waals surface area contributed by atoms with Crippen LogP contribution in [0.15, 0.2) is 0 Å². The van der Waals surface area contributed by atoms with Gasteiger partial charge in [0.05, 0.1) is 12.5 Å². The lowest BCUT2D eigenvalue weighted by atomic mass is 9.76. The van der Waals surface area contributed by atoms with Crippen molar-refractivity contribution < 1.29 is 22.7 Å². The van der Waals surface area contributed by atoms with Crippen LogP contribution in [0.2, 0.25) is 0 Å². The van der Waals surface area contributed by atoms with Crippen molar-refractivity contribution >= 4 is 5.97 Å². The van der Waals surface area contributed by atoms with Crippen molar-refractivity contribution in [2.24, 2.45) is 17.6 Å². The van der Waals surface area contributed by atoms with Gasteiger partial charge in [-0.25, -0.2) is 0 Å². The van der Waals surface area contributed by atoms with E-state index in [4.69, 9.17) is 10.5 Å². The van der Waals surface area contributed by atoms with E-state index in [2.05, 4.69) is 0 Å². The zero-order chi connectivity index (χ0) is 13.8. The van der Waals surface area contributed by atoms with Crippen molar-refractivity contribution in [2.45, 2.75) is 51.2 Å². The largest absolute Gasteiger partial charge is 0.466 e. The fourth-order valence-corrected chi connectivity index (χ4v) is 2.57. The van der Waals surface area contributed by atoms with Gasteiger partial charge in [-0.15, -0.1) is 0 Å². The molecule has 1 fully saturated rings. The monoisotopic (exact) mass is 267 g/mol. The third kappa shape index (κ3) is 3.86. The molecular weight excluding hydrogens is 247 g/mol. The molecule has 0 aromatic heterocycles. The normalized spacial score (nSPS) is 21.4. The van der Waals surface area contributed by atoms with Gasteiger partial charge in [-0.05, 0) is 25.7 Å². The van der Waals surface area contributed by atoms with Crippen LogP contribution in [-0.2, 0) is 9.53 Å². The molecule has 0 saturated heterocycles. The zero-order valence-corrected chi connectivity index (χ0v) is 10.5. The van der Waals surface area contributed by atoms with Crippen molar-refractivity contribution in [1.29, 1.82) is 0 Å². The minimum Gasteiger partial charge on any atom is -0.466 e.